The lowest BCUT2D eigenvalue weighted by Crippen LogP contribution is -2.19. The molecule has 0 unspecified atom stereocenters. The van der Waals surface area contributed by atoms with Gasteiger partial charge in [-0.3, -0.25) is 10.1 Å². The summed E-state index contributed by atoms with van der Waals surface area (Å²) >= 11 is 11.6. The van der Waals surface area contributed by atoms with Gasteiger partial charge in [-0.15, -0.1) is 0 Å². The number of likely N-dealkylation sites (N-methyl/N-ethyl adjacent to an activating group) is 1. The second-order valence-corrected chi connectivity index (χ2v) is 4.62. The number of nitro groups is 1. The minimum Gasteiger partial charge on any atom is -0.482 e. The van der Waals surface area contributed by atoms with Crippen molar-refractivity contribution < 1.29 is 9.66 Å². The number of rotatable bonds is 7. The minimum atomic E-state index is -0.565. The van der Waals surface area contributed by atoms with E-state index >= 15 is 0 Å². The second kappa shape index (κ2) is 7.33. The van der Waals surface area contributed by atoms with Gasteiger partial charge in [0.2, 0.25) is 0 Å². The Morgan fingerprint density at radius 3 is 2.68 bits per heavy atom. The highest BCUT2D eigenvalue weighted by Gasteiger charge is 2.18. The Hall–Kier alpha value is -1.30. The third-order valence-corrected chi connectivity index (χ3v) is 2.98. The zero-order valence-electron chi connectivity index (χ0n) is 10.4. The standard InChI is InChI=1S/C12H14Cl2N2O3/c1-3-15-6-8(2)7-19-12-5-10(14)9(13)4-11(12)16(17)18/h4-5,15H,2-3,6-7H2,1H3. The molecule has 19 heavy (non-hydrogen) atoms. The highest BCUT2D eigenvalue weighted by molar-refractivity contribution is 6.42. The summed E-state index contributed by atoms with van der Waals surface area (Å²) in [5, 5.41) is 14.3. The molecule has 0 aliphatic carbocycles. The number of nitro benzene ring substituents is 1. The molecule has 0 saturated heterocycles. The van der Waals surface area contributed by atoms with E-state index in [-0.39, 0.29) is 28.1 Å². The summed E-state index contributed by atoms with van der Waals surface area (Å²) < 4.78 is 5.37. The predicted molar refractivity (Wildman–Crippen MR) is 76.3 cm³/mol. The van der Waals surface area contributed by atoms with Gasteiger partial charge in [0.1, 0.15) is 6.61 Å². The number of halogens is 2. The molecule has 0 aliphatic heterocycles. The zero-order chi connectivity index (χ0) is 14.4. The first-order valence-corrected chi connectivity index (χ1v) is 6.35. The molecule has 5 nitrogen and oxygen atoms in total. The van der Waals surface area contributed by atoms with E-state index < -0.39 is 4.92 Å². The van der Waals surface area contributed by atoms with E-state index in [9.17, 15) is 10.1 Å². The molecule has 0 heterocycles. The SMILES string of the molecule is C=C(CNCC)COc1cc(Cl)c(Cl)cc1[N+](=O)[O-]. The van der Waals surface area contributed by atoms with Crippen molar-refractivity contribution in [2.75, 3.05) is 19.7 Å². The Bertz CT molecular complexity index is 492. The molecule has 0 bridgehead atoms. The molecule has 1 N–H and O–H groups in total. The quantitative estimate of drug-likeness (QED) is 0.476. The molecule has 0 amide bonds. The van der Waals surface area contributed by atoms with Crippen molar-refractivity contribution in [3.63, 3.8) is 0 Å². The summed E-state index contributed by atoms with van der Waals surface area (Å²) in [6.45, 7) is 7.35. The average Bonchev–Trinajstić information content (AvgIpc) is 2.36. The van der Waals surface area contributed by atoms with Crippen LogP contribution in [0.3, 0.4) is 0 Å². The smallest absolute Gasteiger partial charge is 0.312 e. The van der Waals surface area contributed by atoms with Gasteiger partial charge in [0, 0.05) is 18.7 Å². The fourth-order valence-electron chi connectivity index (χ4n) is 1.31. The summed E-state index contributed by atoms with van der Waals surface area (Å²) in [5.74, 6) is 0.0806. The Morgan fingerprint density at radius 2 is 2.11 bits per heavy atom. The topological polar surface area (TPSA) is 64.4 Å². The van der Waals surface area contributed by atoms with Crippen molar-refractivity contribution in [2.24, 2.45) is 0 Å². The van der Waals surface area contributed by atoms with Crippen LogP contribution < -0.4 is 10.1 Å². The maximum absolute atomic E-state index is 10.9. The van der Waals surface area contributed by atoms with Gasteiger partial charge < -0.3 is 10.1 Å². The first kappa shape index (κ1) is 15.8. The Balaban J connectivity index is 2.79. The van der Waals surface area contributed by atoms with Crippen molar-refractivity contribution in [1.29, 1.82) is 0 Å². The van der Waals surface area contributed by atoms with Crippen molar-refractivity contribution in [2.45, 2.75) is 6.92 Å². The lowest BCUT2D eigenvalue weighted by Gasteiger charge is -2.10. The van der Waals surface area contributed by atoms with Crippen molar-refractivity contribution in [3.05, 3.63) is 44.4 Å². The molecule has 104 valence electrons. The molecule has 1 aromatic carbocycles. The van der Waals surface area contributed by atoms with Crippen LogP contribution in [0.15, 0.2) is 24.3 Å². The van der Waals surface area contributed by atoms with E-state index in [1.54, 1.807) is 0 Å². The maximum Gasteiger partial charge on any atom is 0.312 e. The molecule has 0 radical (unpaired) electrons. The van der Waals surface area contributed by atoms with E-state index in [2.05, 4.69) is 11.9 Å². The second-order valence-electron chi connectivity index (χ2n) is 3.81. The summed E-state index contributed by atoms with van der Waals surface area (Å²) in [7, 11) is 0. The van der Waals surface area contributed by atoms with Crippen LogP contribution in [-0.2, 0) is 0 Å². The van der Waals surface area contributed by atoms with Crippen molar-refractivity contribution >= 4 is 28.9 Å². The fourth-order valence-corrected chi connectivity index (χ4v) is 1.62. The van der Waals surface area contributed by atoms with Crippen LogP contribution in [0.5, 0.6) is 5.75 Å². The molecule has 1 rings (SSSR count). The summed E-state index contributed by atoms with van der Waals surface area (Å²) in [6, 6.07) is 2.51. The molecule has 7 heteroatoms. The molecule has 0 fully saturated rings. The van der Waals surface area contributed by atoms with Crippen molar-refractivity contribution in [3.8, 4) is 5.75 Å². The molecule has 0 aliphatic rings. The first-order chi connectivity index (χ1) is 8.95. The van der Waals surface area contributed by atoms with Crippen molar-refractivity contribution in [1.82, 2.24) is 5.32 Å². The van der Waals surface area contributed by atoms with Gasteiger partial charge >= 0.3 is 5.69 Å². The Kier molecular flexibility index (Phi) is 6.08. The van der Waals surface area contributed by atoms with Crippen LogP contribution in [0.4, 0.5) is 5.69 Å². The highest BCUT2D eigenvalue weighted by Crippen LogP contribution is 2.35. The summed E-state index contributed by atoms with van der Waals surface area (Å²) in [5.41, 5.74) is 0.563. The average molecular weight is 305 g/mol. The van der Waals surface area contributed by atoms with Crippen LogP contribution >= 0.6 is 23.2 Å². The van der Waals surface area contributed by atoms with Gasteiger partial charge in [-0.1, -0.05) is 36.7 Å². The van der Waals surface area contributed by atoms with Crippen LogP contribution in [0.1, 0.15) is 6.92 Å². The van der Waals surface area contributed by atoms with Gasteiger partial charge in [0.25, 0.3) is 0 Å². The normalized spacial score (nSPS) is 10.3. The van der Waals surface area contributed by atoms with Crippen LogP contribution in [0.2, 0.25) is 10.0 Å². The van der Waals surface area contributed by atoms with Gasteiger partial charge in [-0.2, -0.15) is 0 Å². The number of benzene rings is 1. The van der Waals surface area contributed by atoms with Gasteiger partial charge in [-0.05, 0) is 12.1 Å². The highest BCUT2D eigenvalue weighted by atomic mass is 35.5. The largest absolute Gasteiger partial charge is 0.482 e. The Labute approximate surface area is 121 Å². The van der Waals surface area contributed by atoms with E-state index in [0.717, 1.165) is 12.1 Å². The lowest BCUT2D eigenvalue weighted by molar-refractivity contribution is -0.385. The molecule has 0 atom stereocenters. The van der Waals surface area contributed by atoms with Crippen LogP contribution in [-0.4, -0.2) is 24.6 Å². The van der Waals surface area contributed by atoms with E-state index in [1.165, 1.54) is 12.1 Å². The summed E-state index contributed by atoms with van der Waals surface area (Å²) in [6.07, 6.45) is 0. The number of hydrogen-bond acceptors (Lipinski definition) is 4. The number of nitrogens with zero attached hydrogens (tertiary/aromatic N) is 1. The Morgan fingerprint density at radius 1 is 1.47 bits per heavy atom. The number of hydrogen-bond donors (Lipinski definition) is 1. The molecule has 0 saturated carbocycles. The zero-order valence-corrected chi connectivity index (χ0v) is 11.9. The number of ether oxygens (including phenoxy) is 1. The fraction of sp³-hybridized carbons (Fsp3) is 0.333. The predicted octanol–water partition coefficient (Wildman–Crippen LogP) is 3.45. The van der Waals surface area contributed by atoms with E-state index in [0.29, 0.717) is 6.54 Å². The van der Waals surface area contributed by atoms with Crippen LogP contribution in [0, 0.1) is 10.1 Å². The van der Waals surface area contributed by atoms with E-state index in [4.69, 9.17) is 27.9 Å². The van der Waals surface area contributed by atoms with Crippen LogP contribution in [0.25, 0.3) is 0 Å². The molecule has 0 aromatic heterocycles. The maximum atomic E-state index is 10.9. The summed E-state index contributed by atoms with van der Waals surface area (Å²) in [4.78, 5) is 10.3. The third-order valence-electron chi connectivity index (χ3n) is 2.26. The monoisotopic (exact) mass is 304 g/mol. The lowest BCUT2D eigenvalue weighted by atomic mass is 10.3. The third kappa shape index (κ3) is 4.70. The first-order valence-electron chi connectivity index (χ1n) is 5.59. The van der Waals surface area contributed by atoms with Gasteiger partial charge in [-0.25, -0.2) is 0 Å². The minimum absolute atomic E-state index is 0.0806. The van der Waals surface area contributed by atoms with Gasteiger partial charge in [0.05, 0.1) is 15.0 Å². The van der Waals surface area contributed by atoms with E-state index in [1.807, 2.05) is 6.92 Å². The number of nitrogens with one attached hydrogen (secondary N) is 1. The van der Waals surface area contributed by atoms with Gasteiger partial charge in [0.15, 0.2) is 5.75 Å². The molecular formula is C12H14Cl2N2O3. The molecule has 0 spiro atoms. The molecule has 1 aromatic rings. The molecular weight excluding hydrogens is 291 g/mol.